The molecule has 0 radical (unpaired) electrons. The molecule has 7 nitrogen and oxygen atoms in total. The van der Waals surface area contributed by atoms with E-state index >= 15 is 0 Å². The highest BCUT2D eigenvalue weighted by atomic mass is 32.2. The van der Waals surface area contributed by atoms with E-state index in [0.717, 1.165) is 32.3 Å². The summed E-state index contributed by atoms with van der Waals surface area (Å²) in [4.78, 5) is 6.71. The highest BCUT2D eigenvalue weighted by Gasteiger charge is 2.17. The molecule has 2 rings (SSSR count). The van der Waals surface area contributed by atoms with E-state index in [0.29, 0.717) is 25.6 Å². The number of nitrogens with zero attached hydrogens (tertiary/aromatic N) is 1. The molecule has 3 N–H and O–H groups in total. The molecule has 0 bridgehead atoms. The van der Waals surface area contributed by atoms with Crippen molar-refractivity contribution in [1.29, 1.82) is 0 Å². The summed E-state index contributed by atoms with van der Waals surface area (Å²) < 4.78 is 32.4. The maximum Gasteiger partial charge on any atom is 0.213 e. The van der Waals surface area contributed by atoms with Crippen molar-refractivity contribution in [1.82, 2.24) is 15.4 Å². The van der Waals surface area contributed by atoms with E-state index in [4.69, 9.17) is 4.74 Å². The highest BCUT2D eigenvalue weighted by molar-refractivity contribution is 7.89. The summed E-state index contributed by atoms with van der Waals surface area (Å²) in [6.45, 7) is 4.19. The van der Waals surface area contributed by atoms with E-state index < -0.39 is 10.0 Å². The molecule has 0 aliphatic carbocycles. The van der Waals surface area contributed by atoms with E-state index in [1.807, 2.05) is 0 Å². The maximum absolute atomic E-state index is 12.1. The van der Waals surface area contributed by atoms with Gasteiger partial charge in [0.25, 0.3) is 0 Å². The topological polar surface area (TPSA) is 91.8 Å². The summed E-state index contributed by atoms with van der Waals surface area (Å²) >= 11 is 1.77. The second kappa shape index (κ2) is 10.9. The van der Waals surface area contributed by atoms with Crippen LogP contribution in [0, 0.1) is 0 Å². The van der Waals surface area contributed by atoms with Gasteiger partial charge in [0, 0.05) is 36.5 Å². The minimum absolute atomic E-state index is 0.000256. The zero-order valence-corrected chi connectivity index (χ0v) is 17.2. The zero-order valence-electron chi connectivity index (χ0n) is 15.6. The Morgan fingerprint density at radius 3 is 2.77 bits per heavy atom. The Labute approximate surface area is 160 Å². The van der Waals surface area contributed by atoms with Gasteiger partial charge in [-0.1, -0.05) is 6.92 Å². The van der Waals surface area contributed by atoms with Crippen molar-refractivity contribution in [2.24, 2.45) is 4.99 Å². The number of guanidine groups is 1. The summed E-state index contributed by atoms with van der Waals surface area (Å²) in [5, 5.41) is 6.25. The standard InChI is InChI=1S/C17H30N4O3S2/c1-3-15-7-8-16(25-15)13-20-17(18-2)19-9-11-26(22,23)21-12-14-6-4-5-10-24-14/h7-8,14,21H,3-6,9-13H2,1-2H3,(H2,18,19,20). The van der Waals surface area contributed by atoms with Gasteiger partial charge in [0.1, 0.15) is 0 Å². The largest absolute Gasteiger partial charge is 0.377 e. The Morgan fingerprint density at radius 1 is 1.31 bits per heavy atom. The second-order valence-corrected chi connectivity index (χ2v) is 9.41. The fourth-order valence-corrected chi connectivity index (χ4v) is 4.52. The Balaban J connectivity index is 1.66. The quantitative estimate of drug-likeness (QED) is 0.430. The lowest BCUT2D eigenvalue weighted by Gasteiger charge is -2.22. The van der Waals surface area contributed by atoms with Gasteiger partial charge >= 0.3 is 0 Å². The van der Waals surface area contributed by atoms with Crippen molar-refractivity contribution in [2.75, 3.05) is 32.5 Å². The van der Waals surface area contributed by atoms with E-state index in [1.165, 1.54) is 9.75 Å². The Hall–Kier alpha value is -1.16. The first-order valence-electron chi connectivity index (χ1n) is 9.13. The number of nitrogens with one attached hydrogen (secondary N) is 3. The molecule has 1 fully saturated rings. The van der Waals surface area contributed by atoms with Gasteiger partial charge < -0.3 is 15.4 Å². The van der Waals surface area contributed by atoms with Crippen LogP contribution in [-0.4, -0.2) is 53.0 Å². The first-order chi connectivity index (χ1) is 12.5. The predicted octanol–water partition coefficient (Wildman–Crippen LogP) is 1.46. The number of rotatable bonds is 9. The van der Waals surface area contributed by atoms with Crippen molar-refractivity contribution in [3.05, 3.63) is 21.9 Å². The van der Waals surface area contributed by atoms with Crippen molar-refractivity contribution >= 4 is 27.3 Å². The minimum Gasteiger partial charge on any atom is -0.377 e. The summed E-state index contributed by atoms with van der Waals surface area (Å²) in [6.07, 6.45) is 4.11. The fraction of sp³-hybridized carbons (Fsp3) is 0.706. The molecule has 0 saturated carbocycles. The van der Waals surface area contributed by atoms with Crippen LogP contribution in [0.2, 0.25) is 0 Å². The number of sulfonamides is 1. The third-order valence-electron chi connectivity index (χ3n) is 4.19. The molecule has 0 aromatic carbocycles. The van der Waals surface area contributed by atoms with Crippen LogP contribution in [0.5, 0.6) is 0 Å². The molecular formula is C17H30N4O3S2. The Kier molecular flexibility index (Phi) is 8.83. The van der Waals surface area contributed by atoms with E-state index in [2.05, 4.69) is 39.4 Å². The van der Waals surface area contributed by atoms with Crippen molar-refractivity contribution in [2.45, 2.75) is 45.3 Å². The average Bonchev–Trinajstić information content (AvgIpc) is 3.12. The van der Waals surface area contributed by atoms with Gasteiger partial charge in [0.15, 0.2) is 5.96 Å². The van der Waals surface area contributed by atoms with Gasteiger partial charge in [-0.2, -0.15) is 0 Å². The van der Waals surface area contributed by atoms with Gasteiger partial charge in [0.05, 0.1) is 18.4 Å². The van der Waals surface area contributed by atoms with Crippen molar-refractivity contribution in [3.8, 4) is 0 Å². The van der Waals surface area contributed by atoms with E-state index in [-0.39, 0.29) is 11.9 Å². The number of ether oxygens (including phenoxy) is 1. The number of aryl methyl sites for hydroxylation is 1. The lowest BCUT2D eigenvalue weighted by atomic mass is 10.1. The van der Waals surface area contributed by atoms with Crippen LogP contribution >= 0.6 is 11.3 Å². The highest BCUT2D eigenvalue weighted by Crippen LogP contribution is 2.16. The minimum atomic E-state index is -3.33. The molecule has 0 spiro atoms. The first kappa shape index (κ1) is 21.1. The van der Waals surface area contributed by atoms with Crippen LogP contribution in [0.4, 0.5) is 0 Å². The normalized spacial score (nSPS) is 18.7. The number of hydrogen-bond donors (Lipinski definition) is 3. The predicted molar refractivity (Wildman–Crippen MR) is 107 cm³/mol. The molecule has 1 saturated heterocycles. The molecule has 148 valence electrons. The summed E-state index contributed by atoms with van der Waals surface area (Å²) in [6, 6.07) is 4.23. The third-order valence-corrected chi connectivity index (χ3v) is 6.77. The first-order valence-corrected chi connectivity index (χ1v) is 11.6. The lowest BCUT2D eigenvalue weighted by Crippen LogP contribution is -2.42. The monoisotopic (exact) mass is 402 g/mol. The zero-order chi connectivity index (χ0) is 18.8. The van der Waals surface area contributed by atoms with Crippen LogP contribution in [0.1, 0.15) is 35.9 Å². The molecular weight excluding hydrogens is 372 g/mol. The Morgan fingerprint density at radius 2 is 2.12 bits per heavy atom. The van der Waals surface area contributed by atoms with Crippen molar-refractivity contribution < 1.29 is 13.2 Å². The van der Waals surface area contributed by atoms with Gasteiger partial charge in [0.2, 0.25) is 10.0 Å². The molecule has 1 atom stereocenters. The smallest absolute Gasteiger partial charge is 0.213 e. The molecule has 1 unspecified atom stereocenters. The SMILES string of the molecule is CCc1ccc(CNC(=NC)NCCS(=O)(=O)NCC2CCCCO2)s1. The molecule has 9 heteroatoms. The fourth-order valence-electron chi connectivity index (χ4n) is 2.66. The number of hydrogen-bond acceptors (Lipinski definition) is 5. The van der Waals surface area contributed by atoms with Gasteiger partial charge in [-0.05, 0) is 37.8 Å². The van der Waals surface area contributed by atoms with Gasteiger partial charge in [-0.15, -0.1) is 11.3 Å². The van der Waals surface area contributed by atoms with Gasteiger partial charge in [-0.3, -0.25) is 4.99 Å². The average molecular weight is 403 g/mol. The summed E-state index contributed by atoms with van der Waals surface area (Å²) in [5.74, 6) is 0.599. The lowest BCUT2D eigenvalue weighted by molar-refractivity contribution is 0.0200. The summed E-state index contributed by atoms with van der Waals surface area (Å²) in [7, 11) is -1.65. The molecule has 1 aliphatic rings. The maximum atomic E-state index is 12.1. The second-order valence-electron chi connectivity index (χ2n) is 6.23. The number of aliphatic imine (C=N–C) groups is 1. The van der Waals surface area contributed by atoms with Crippen LogP contribution in [0.25, 0.3) is 0 Å². The molecule has 26 heavy (non-hydrogen) atoms. The van der Waals surface area contributed by atoms with Crippen LogP contribution in [-0.2, 0) is 27.7 Å². The van der Waals surface area contributed by atoms with Crippen LogP contribution in [0.15, 0.2) is 17.1 Å². The molecule has 1 aliphatic heterocycles. The van der Waals surface area contributed by atoms with Crippen LogP contribution in [0.3, 0.4) is 0 Å². The van der Waals surface area contributed by atoms with Crippen LogP contribution < -0.4 is 15.4 Å². The Bertz CT molecular complexity index is 667. The molecule has 1 aromatic rings. The van der Waals surface area contributed by atoms with Crippen molar-refractivity contribution in [3.63, 3.8) is 0 Å². The molecule has 0 amide bonds. The van der Waals surface area contributed by atoms with Gasteiger partial charge in [-0.25, -0.2) is 13.1 Å². The summed E-state index contributed by atoms with van der Waals surface area (Å²) in [5.41, 5.74) is 0. The molecule has 2 heterocycles. The van der Waals surface area contributed by atoms with E-state index in [9.17, 15) is 8.42 Å². The van der Waals surface area contributed by atoms with E-state index in [1.54, 1.807) is 18.4 Å². The number of thiophene rings is 1. The third kappa shape index (κ3) is 7.61. The molecule has 1 aromatic heterocycles.